The lowest BCUT2D eigenvalue weighted by Gasteiger charge is -2.64. The third-order valence-corrected chi connectivity index (χ3v) is 17.9. The number of benzene rings is 1. The number of carbonyl (C=O) groups is 1. The average Bonchev–Trinajstić information content (AvgIpc) is 3.46. The fraction of sp³-hybridized carbons (Fsp3) is 0.750. The zero-order valence-corrected chi connectivity index (χ0v) is 32.9. The van der Waals surface area contributed by atoms with Gasteiger partial charge in [-0.25, -0.2) is 0 Å². The summed E-state index contributed by atoms with van der Waals surface area (Å²) in [5, 5.41) is 99.1. The number of aliphatic hydroxyl groups is 6. The van der Waals surface area contributed by atoms with Crippen molar-refractivity contribution in [1.82, 2.24) is 5.32 Å². The van der Waals surface area contributed by atoms with E-state index in [-0.39, 0.29) is 79.2 Å². The number of nitrogens with one attached hydrogen (secondary N) is 1. The van der Waals surface area contributed by atoms with Crippen LogP contribution in [0.4, 0.5) is 0 Å². The second-order valence-corrected chi connectivity index (χ2v) is 19.9. The minimum atomic E-state index is -1.73. The van der Waals surface area contributed by atoms with Gasteiger partial charge in [-0.05, 0) is 103 Å². The summed E-state index contributed by atoms with van der Waals surface area (Å²) >= 11 is 0. The van der Waals surface area contributed by atoms with Crippen molar-refractivity contribution < 1.29 is 50.4 Å². The number of likely N-dealkylation sites (N-methyl/N-ethyl adjacent to an activating group) is 1. The normalized spacial score (nSPS) is 52.0. The first-order chi connectivity index (χ1) is 25.8. The SMILES string of the molecule is CCNCC1=CC2(C)CCC1C1(OC3CC4(O)C5=CC(=O)C6C7c8cc(O)cc(O)c8CCC7(O)C(O)CC6(C)C5CCC4(C)C3C1(O)CCO)C(O)C2C. The molecule has 55 heavy (non-hydrogen) atoms. The fourth-order valence-electron chi connectivity index (χ4n) is 15.1. The van der Waals surface area contributed by atoms with E-state index in [1.807, 2.05) is 27.7 Å². The van der Waals surface area contributed by atoms with Gasteiger partial charge in [0.25, 0.3) is 0 Å². The third-order valence-electron chi connectivity index (χ3n) is 17.9. The monoisotopic (exact) mass is 763 g/mol. The Bertz CT molecular complexity index is 1880. The maximum Gasteiger partial charge on any atom is 0.160 e. The van der Waals surface area contributed by atoms with Gasteiger partial charge >= 0.3 is 0 Å². The summed E-state index contributed by atoms with van der Waals surface area (Å²) in [5.41, 5.74) is -5.95. The lowest BCUT2D eigenvalue weighted by molar-refractivity contribution is -0.246. The molecule has 0 radical (unpaired) electrons. The Kier molecular flexibility index (Phi) is 8.24. The first kappa shape index (κ1) is 38.2. The lowest BCUT2D eigenvalue weighted by atomic mass is 9.41. The van der Waals surface area contributed by atoms with E-state index in [0.29, 0.717) is 42.5 Å². The number of aromatic hydroxyl groups is 2. The number of hydrogen-bond acceptors (Lipinski definition) is 11. The summed E-state index contributed by atoms with van der Waals surface area (Å²) in [6, 6.07) is 2.77. The Balaban J connectivity index is 1.15. The predicted octanol–water partition coefficient (Wildman–Crippen LogP) is 3.14. The Hall–Kier alpha value is -2.35. The minimum Gasteiger partial charge on any atom is -0.508 e. The third kappa shape index (κ3) is 4.42. The molecular weight excluding hydrogens is 702 g/mol. The van der Waals surface area contributed by atoms with Gasteiger partial charge in [0.2, 0.25) is 0 Å². The van der Waals surface area contributed by atoms with Crippen LogP contribution in [0, 0.1) is 45.8 Å². The Morgan fingerprint density at radius 2 is 1.69 bits per heavy atom. The van der Waals surface area contributed by atoms with Crippen LogP contribution >= 0.6 is 0 Å². The number of rotatable bonds is 5. The second-order valence-electron chi connectivity index (χ2n) is 19.9. The van der Waals surface area contributed by atoms with Crippen LogP contribution in [0.5, 0.6) is 11.5 Å². The smallest absolute Gasteiger partial charge is 0.160 e. The minimum absolute atomic E-state index is 0.0436. The number of phenolic OH excluding ortho intramolecular Hbond substituents is 2. The molecule has 10 rings (SSSR count). The van der Waals surface area contributed by atoms with Crippen LogP contribution in [-0.4, -0.2) is 107 Å². The van der Waals surface area contributed by atoms with E-state index in [4.69, 9.17) is 4.74 Å². The highest BCUT2D eigenvalue weighted by atomic mass is 16.6. The summed E-state index contributed by atoms with van der Waals surface area (Å²) in [7, 11) is 0. The summed E-state index contributed by atoms with van der Waals surface area (Å²) in [6.07, 6.45) is 4.03. The van der Waals surface area contributed by atoms with Gasteiger partial charge in [-0.15, -0.1) is 0 Å². The van der Waals surface area contributed by atoms with Crippen LogP contribution < -0.4 is 5.32 Å². The molecule has 11 heteroatoms. The molecule has 0 amide bonds. The summed E-state index contributed by atoms with van der Waals surface area (Å²) in [6.45, 7) is 11.2. The number of ether oxygens (including phenoxy) is 1. The van der Waals surface area contributed by atoms with Crippen LogP contribution in [0.1, 0.15) is 103 Å². The molecule has 11 nitrogen and oxygen atoms in total. The Morgan fingerprint density at radius 1 is 0.964 bits per heavy atom. The van der Waals surface area contributed by atoms with Crippen LogP contribution in [0.15, 0.2) is 35.4 Å². The van der Waals surface area contributed by atoms with Crippen molar-refractivity contribution >= 4 is 5.78 Å². The highest BCUT2D eigenvalue weighted by Crippen LogP contribution is 2.76. The number of aliphatic hydroxyl groups excluding tert-OH is 3. The molecule has 16 unspecified atom stereocenters. The molecule has 8 aliphatic carbocycles. The number of ketones is 1. The van der Waals surface area contributed by atoms with Gasteiger partial charge in [0.15, 0.2) is 5.78 Å². The molecule has 1 spiro atoms. The number of allylic oxidation sites excluding steroid dienone is 2. The van der Waals surface area contributed by atoms with E-state index >= 15 is 0 Å². The molecule has 1 aromatic carbocycles. The molecule has 1 aliphatic heterocycles. The van der Waals surface area contributed by atoms with E-state index in [0.717, 1.165) is 18.5 Å². The number of phenols is 2. The van der Waals surface area contributed by atoms with Crippen molar-refractivity contribution in [3.63, 3.8) is 0 Å². The topological polar surface area (TPSA) is 200 Å². The van der Waals surface area contributed by atoms with Gasteiger partial charge in [-0.2, -0.15) is 0 Å². The summed E-state index contributed by atoms with van der Waals surface area (Å²) in [5.74, 6) is -3.88. The zero-order valence-electron chi connectivity index (χ0n) is 32.9. The molecule has 4 saturated carbocycles. The second kappa shape index (κ2) is 11.9. The number of hydrogen-bond donors (Lipinski definition) is 9. The molecule has 0 aromatic heterocycles. The van der Waals surface area contributed by atoms with Crippen molar-refractivity contribution in [1.29, 1.82) is 0 Å². The zero-order chi connectivity index (χ0) is 39.5. The molecule has 1 heterocycles. The lowest BCUT2D eigenvalue weighted by Crippen LogP contribution is -2.70. The van der Waals surface area contributed by atoms with E-state index in [1.165, 1.54) is 12.1 Å². The van der Waals surface area contributed by atoms with Gasteiger partial charge < -0.3 is 50.9 Å². The maximum absolute atomic E-state index is 14.8. The highest BCUT2D eigenvalue weighted by molar-refractivity contribution is 5.96. The first-order valence-corrected chi connectivity index (χ1v) is 20.9. The van der Waals surface area contributed by atoms with E-state index in [9.17, 15) is 45.6 Å². The van der Waals surface area contributed by atoms with Gasteiger partial charge in [-0.1, -0.05) is 46.3 Å². The average molecular weight is 764 g/mol. The van der Waals surface area contributed by atoms with Crippen molar-refractivity contribution in [2.75, 3.05) is 19.7 Å². The van der Waals surface area contributed by atoms with Crippen LogP contribution in [0.25, 0.3) is 0 Å². The maximum atomic E-state index is 14.8. The molecule has 302 valence electrons. The number of fused-ring (bicyclic) bond motifs is 13. The molecular formula is C44H61NO10. The van der Waals surface area contributed by atoms with Gasteiger partial charge in [0.1, 0.15) is 22.7 Å². The van der Waals surface area contributed by atoms with Crippen molar-refractivity contribution in [3.8, 4) is 11.5 Å². The first-order valence-electron chi connectivity index (χ1n) is 20.9. The Morgan fingerprint density at radius 3 is 2.40 bits per heavy atom. The number of carbonyl (C=O) groups excluding carboxylic acids is 1. The van der Waals surface area contributed by atoms with Gasteiger partial charge in [-0.3, -0.25) is 4.79 Å². The van der Waals surface area contributed by atoms with Crippen LogP contribution in [0.2, 0.25) is 0 Å². The molecule has 5 fully saturated rings. The Labute approximate surface area is 323 Å². The van der Waals surface area contributed by atoms with Crippen molar-refractivity contribution in [3.05, 3.63) is 46.6 Å². The van der Waals surface area contributed by atoms with E-state index < -0.39 is 69.3 Å². The van der Waals surface area contributed by atoms with Crippen molar-refractivity contribution in [2.24, 2.45) is 45.8 Å². The van der Waals surface area contributed by atoms with Crippen LogP contribution in [0.3, 0.4) is 0 Å². The van der Waals surface area contributed by atoms with Gasteiger partial charge in [0.05, 0.1) is 29.5 Å². The van der Waals surface area contributed by atoms with Crippen LogP contribution in [-0.2, 0) is 16.0 Å². The van der Waals surface area contributed by atoms with Gasteiger partial charge in [0, 0.05) is 61.1 Å². The molecule has 9 N–H and O–H groups in total. The summed E-state index contributed by atoms with van der Waals surface area (Å²) < 4.78 is 7.28. The molecule has 1 aromatic rings. The predicted molar refractivity (Wildman–Crippen MR) is 202 cm³/mol. The highest BCUT2D eigenvalue weighted by Gasteiger charge is 2.82. The van der Waals surface area contributed by atoms with E-state index in [1.54, 1.807) is 6.08 Å². The molecule has 2 bridgehead atoms. The molecule has 1 saturated heterocycles. The standard InChI is InChI=1S/C44H61NO10/c1-6-45-21-23-18-38(3)10-8-27(23)44(37(51)22(38)2)42(53,13-14-46)36-32(55-44)19-43(54)29-17-31(49)35-34-26-15-24(47)16-30(48)25(26)7-12-41(34,52)33(50)20-39(35,4)28(29)9-11-40(36,43)5/h15-18,22,27-28,32-37,45-48,50-54H,6-14,19-21H2,1-5H3. The largest absolute Gasteiger partial charge is 0.508 e. The molecule has 9 aliphatic rings. The fourth-order valence-corrected chi connectivity index (χ4v) is 15.1. The summed E-state index contributed by atoms with van der Waals surface area (Å²) in [4.78, 5) is 14.8. The quantitative estimate of drug-likeness (QED) is 0.200. The van der Waals surface area contributed by atoms with E-state index in [2.05, 4.69) is 18.3 Å². The molecule has 16 atom stereocenters. The van der Waals surface area contributed by atoms with Crippen molar-refractivity contribution in [2.45, 2.75) is 139 Å².